The Bertz CT molecular complexity index is 494. The van der Waals surface area contributed by atoms with Crippen LogP contribution in [0.5, 0.6) is 0 Å². The molecule has 0 spiro atoms. The van der Waals surface area contributed by atoms with Gasteiger partial charge in [0.2, 0.25) is 0 Å². The summed E-state index contributed by atoms with van der Waals surface area (Å²) in [5.41, 5.74) is 0.225. The van der Waals surface area contributed by atoms with Gasteiger partial charge in [-0.25, -0.2) is 13.8 Å². The Hall–Kier alpha value is -1.13. The van der Waals surface area contributed by atoms with Gasteiger partial charge < -0.3 is 0 Å². The first kappa shape index (κ1) is 11.4. The number of rotatable bonds is 2. The molecule has 0 saturated heterocycles. The van der Waals surface area contributed by atoms with Crippen LogP contribution in [0, 0.1) is 0 Å². The van der Waals surface area contributed by atoms with Gasteiger partial charge in [-0.05, 0) is 24.3 Å². The van der Waals surface area contributed by atoms with E-state index in [9.17, 15) is 8.78 Å². The van der Waals surface area contributed by atoms with Gasteiger partial charge in [0.05, 0.1) is 0 Å². The summed E-state index contributed by atoms with van der Waals surface area (Å²) in [6, 6.07) is 6.46. The van der Waals surface area contributed by atoms with Crippen molar-refractivity contribution >= 4 is 23.2 Å². The summed E-state index contributed by atoms with van der Waals surface area (Å²) in [6.07, 6.45) is -1.42. The molecule has 84 valence electrons. The first-order valence-corrected chi connectivity index (χ1v) is 5.12. The molecule has 6 heteroatoms. The predicted molar refractivity (Wildman–Crippen MR) is 58.5 cm³/mol. The normalized spacial score (nSPS) is 11.1. The number of hydrogen-bond donors (Lipinski definition) is 0. The highest BCUT2D eigenvalue weighted by atomic mass is 35.5. The lowest BCUT2D eigenvalue weighted by molar-refractivity contribution is 0.144. The predicted octanol–water partition coefficient (Wildman–Crippen LogP) is 4.12. The molecular weight excluding hydrogens is 257 g/mol. The first-order chi connectivity index (χ1) is 7.59. The van der Waals surface area contributed by atoms with Crippen LogP contribution in [0.15, 0.2) is 30.6 Å². The van der Waals surface area contributed by atoms with Crippen LogP contribution < -0.4 is 0 Å². The molecule has 0 atom stereocenters. The summed E-state index contributed by atoms with van der Waals surface area (Å²) < 4.78 is 26.7. The molecule has 0 bridgehead atoms. The second-order valence-electron chi connectivity index (χ2n) is 3.07. The third kappa shape index (κ3) is 2.03. The van der Waals surface area contributed by atoms with Crippen LogP contribution in [0.25, 0.3) is 5.69 Å². The van der Waals surface area contributed by atoms with E-state index in [0.29, 0.717) is 10.7 Å². The van der Waals surface area contributed by atoms with E-state index < -0.39 is 6.43 Å². The van der Waals surface area contributed by atoms with E-state index in [1.165, 1.54) is 10.9 Å². The van der Waals surface area contributed by atoms with Gasteiger partial charge in [-0.15, -0.1) is 0 Å². The molecule has 0 saturated carbocycles. The molecule has 1 aromatic carbocycles. The largest absolute Gasteiger partial charge is 0.297 e. The maximum absolute atomic E-state index is 12.7. The Labute approximate surface area is 100 Å². The van der Waals surface area contributed by atoms with Crippen molar-refractivity contribution in [3.63, 3.8) is 0 Å². The second kappa shape index (κ2) is 4.39. The number of halogens is 4. The molecule has 1 heterocycles. The molecule has 0 amide bonds. The number of alkyl halides is 2. The van der Waals surface area contributed by atoms with Crippen molar-refractivity contribution in [2.75, 3.05) is 0 Å². The fourth-order valence-corrected chi connectivity index (χ4v) is 1.68. The van der Waals surface area contributed by atoms with Crippen molar-refractivity contribution < 1.29 is 8.78 Å². The highest BCUT2D eigenvalue weighted by Gasteiger charge is 2.19. The van der Waals surface area contributed by atoms with Crippen LogP contribution >= 0.6 is 23.2 Å². The Morgan fingerprint density at radius 1 is 1.12 bits per heavy atom. The molecule has 2 rings (SSSR count). The lowest BCUT2D eigenvalue weighted by Crippen LogP contribution is -1.99. The number of nitrogens with zero attached hydrogens (tertiary/aromatic N) is 2. The molecule has 1 aromatic heterocycles. The van der Waals surface area contributed by atoms with E-state index in [1.807, 2.05) is 0 Å². The maximum atomic E-state index is 12.7. The van der Waals surface area contributed by atoms with Gasteiger partial charge in [-0.2, -0.15) is 0 Å². The minimum atomic E-state index is -2.68. The van der Waals surface area contributed by atoms with Gasteiger partial charge in [-0.1, -0.05) is 23.2 Å². The van der Waals surface area contributed by atoms with Gasteiger partial charge in [0.1, 0.15) is 12.0 Å². The SMILES string of the molecule is FC(F)c1c(Cl)ncn1-c1ccc(Cl)cc1. The van der Waals surface area contributed by atoms with Crippen molar-refractivity contribution in [3.8, 4) is 5.69 Å². The number of imidazole rings is 1. The minimum Gasteiger partial charge on any atom is -0.297 e. The highest BCUT2D eigenvalue weighted by molar-refractivity contribution is 6.30. The van der Waals surface area contributed by atoms with E-state index in [0.717, 1.165) is 0 Å². The van der Waals surface area contributed by atoms with Crippen LogP contribution in [0.1, 0.15) is 12.1 Å². The fourth-order valence-electron chi connectivity index (χ4n) is 1.34. The fraction of sp³-hybridized carbons (Fsp3) is 0.100. The Balaban J connectivity index is 2.52. The standard InChI is InChI=1S/C10H6Cl2F2N2/c11-6-1-3-7(4-2-6)16-5-15-9(12)8(16)10(13)14/h1-5,10H. The van der Waals surface area contributed by atoms with Crippen molar-refractivity contribution in [1.82, 2.24) is 9.55 Å². The summed E-state index contributed by atoms with van der Waals surface area (Å²) in [4.78, 5) is 3.65. The van der Waals surface area contributed by atoms with Crippen molar-refractivity contribution in [2.45, 2.75) is 6.43 Å². The van der Waals surface area contributed by atoms with Crippen LogP contribution in [-0.2, 0) is 0 Å². The summed E-state index contributed by atoms with van der Waals surface area (Å²) in [7, 11) is 0. The Morgan fingerprint density at radius 3 is 2.31 bits per heavy atom. The van der Waals surface area contributed by atoms with Crippen molar-refractivity contribution in [3.05, 3.63) is 46.5 Å². The smallest absolute Gasteiger partial charge is 0.281 e. The van der Waals surface area contributed by atoms with Gasteiger partial charge in [0, 0.05) is 10.7 Å². The van der Waals surface area contributed by atoms with Gasteiger partial charge >= 0.3 is 0 Å². The zero-order chi connectivity index (χ0) is 11.7. The van der Waals surface area contributed by atoms with Gasteiger partial charge in [0.25, 0.3) is 6.43 Å². The van der Waals surface area contributed by atoms with E-state index in [2.05, 4.69) is 4.98 Å². The van der Waals surface area contributed by atoms with Crippen LogP contribution in [0.4, 0.5) is 8.78 Å². The summed E-state index contributed by atoms with van der Waals surface area (Å²) in [6.45, 7) is 0. The lowest BCUT2D eigenvalue weighted by atomic mass is 10.3. The topological polar surface area (TPSA) is 17.8 Å². The molecule has 0 aliphatic carbocycles. The van der Waals surface area contributed by atoms with Crippen LogP contribution in [0.2, 0.25) is 10.2 Å². The van der Waals surface area contributed by atoms with E-state index in [-0.39, 0.29) is 10.8 Å². The van der Waals surface area contributed by atoms with Gasteiger partial charge in [0.15, 0.2) is 5.15 Å². The molecule has 2 nitrogen and oxygen atoms in total. The van der Waals surface area contributed by atoms with E-state index >= 15 is 0 Å². The average Bonchev–Trinajstić information content (AvgIpc) is 2.61. The molecular formula is C10H6Cl2F2N2. The molecule has 0 fully saturated rings. The minimum absolute atomic E-state index is 0.190. The second-order valence-corrected chi connectivity index (χ2v) is 3.86. The zero-order valence-corrected chi connectivity index (χ0v) is 9.38. The molecule has 0 aliphatic heterocycles. The van der Waals surface area contributed by atoms with Crippen LogP contribution in [0.3, 0.4) is 0 Å². The monoisotopic (exact) mass is 262 g/mol. The van der Waals surface area contributed by atoms with Crippen molar-refractivity contribution in [1.29, 1.82) is 0 Å². The summed E-state index contributed by atoms with van der Waals surface area (Å²) in [5, 5.41) is 0.346. The molecule has 0 N–H and O–H groups in total. The lowest BCUT2D eigenvalue weighted by Gasteiger charge is -2.07. The number of aromatic nitrogens is 2. The van der Waals surface area contributed by atoms with E-state index in [1.54, 1.807) is 24.3 Å². The average molecular weight is 263 g/mol. The molecule has 16 heavy (non-hydrogen) atoms. The number of benzene rings is 1. The zero-order valence-electron chi connectivity index (χ0n) is 7.87. The van der Waals surface area contributed by atoms with Crippen molar-refractivity contribution in [2.24, 2.45) is 0 Å². The summed E-state index contributed by atoms with van der Waals surface area (Å²) >= 11 is 11.3. The van der Waals surface area contributed by atoms with Gasteiger partial charge in [-0.3, -0.25) is 4.57 Å². The number of hydrogen-bond acceptors (Lipinski definition) is 1. The highest BCUT2D eigenvalue weighted by Crippen LogP contribution is 2.28. The molecule has 2 aromatic rings. The van der Waals surface area contributed by atoms with E-state index in [4.69, 9.17) is 23.2 Å². The Kier molecular flexibility index (Phi) is 3.12. The molecule has 0 aliphatic rings. The third-order valence-corrected chi connectivity index (χ3v) is 2.61. The molecule has 0 radical (unpaired) electrons. The van der Waals surface area contributed by atoms with Crippen LogP contribution in [-0.4, -0.2) is 9.55 Å². The summed E-state index contributed by atoms with van der Waals surface area (Å²) in [5.74, 6) is 0. The third-order valence-electron chi connectivity index (χ3n) is 2.07. The maximum Gasteiger partial charge on any atom is 0.281 e. The first-order valence-electron chi connectivity index (χ1n) is 4.36. The quantitative estimate of drug-likeness (QED) is 0.796. The Morgan fingerprint density at radius 2 is 1.75 bits per heavy atom. The molecule has 0 unspecified atom stereocenters.